The molecule has 2 unspecified atom stereocenters. The molecule has 1 aromatic carbocycles. The summed E-state index contributed by atoms with van der Waals surface area (Å²) < 4.78 is 18.8. The molecule has 1 aromatic rings. The molecule has 0 aromatic heterocycles. The second-order valence-corrected chi connectivity index (χ2v) is 4.96. The number of amides is 2. The minimum Gasteiger partial charge on any atom is -0.375 e. The molecule has 0 saturated carbocycles. The van der Waals surface area contributed by atoms with Crippen LogP contribution >= 0.6 is 0 Å². The number of aryl methyl sites for hydroxylation is 1. The van der Waals surface area contributed by atoms with Gasteiger partial charge in [-0.05, 0) is 44.5 Å². The molecular weight excluding hydrogens is 247 g/mol. The quantitative estimate of drug-likeness (QED) is 0.849. The Kier molecular flexibility index (Phi) is 4.04. The largest absolute Gasteiger partial charge is 0.375 e. The van der Waals surface area contributed by atoms with Gasteiger partial charge in [0, 0.05) is 12.2 Å². The number of morpholine rings is 1. The number of anilines is 1. The van der Waals surface area contributed by atoms with Crippen LogP contribution in [-0.4, -0.2) is 36.2 Å². The Balaban J connectivity index is 2.08. The van der Waals surface area contributed by atoms with Crippen molar-refractivity contribution in [3.05, 3.63) is 29.6 Å². The van der Waals surface area contributed by atoms with Crippen molar-refractivity contribution in [2.24, 2.45) is 0 Å². The van der Waals surface area contributed by atoms with E-state index in [0.717, 1.165) is 5.56 Å². The van der Waals surface area contributed by atoms with Gasteiger partial charge in [0.25, 0.3) is 0 Å². The maximum atomic E-state index is 13.3. The highest BCUT2D eigenvalue weighted by Crippen LogP contribution is 2.17. The van der Waals surface area contributed by atoms with Gasteiger partial charge in [0.15, 0.2) is 0 Å². The Bertz CT molecular complexity index is 458. The van der Waals surface area contributed by atoms with Crippen molar-refractivity contribution in [1.82, 2.24) is 4.90 Å². The molecule has 1 aliphatic rings. The molecule has 2 atom stereocenters. The van der Waals surface area contributed by atoms with Crippen LogP contribution in [-0.2, 0) is 4.74 Å². The third-order valence-corrected chi connectivity index (χ3v) is 3.44. The zero-order valence-electron chi connectivity index (χ0n) is 11.4. The summed E-state index contributed by atoms with van der Waals surface area (Å²) >= 11 is 0. The van der Waals surface area contributed by atoms with Gasteiger partial charge in [-0.1, -0.05) is 0 Å². The number of carbonyl (C=O) groups is 1. The zero-order valence-corrected chi connectivity index (χ0v) is 11.4. The second kappa shape index (κ2) is 5.57. The van der Waals surface area contributed by atoms with Gasteiger partial charge in [0.2, 0.25) is 0 Å². The number of ether oxygens (including phenoxy) is 1. The van der Waals surface area contributed by atoms with E-state index < -0.39 is 0 Å². The van der Waals surface area contributed by atoms with E-state index in [4.69, 9.17) is 4.74 Å². The number of nitrogens with one attached hydrogen (secondary N) is 1. The third-order valence-electron chi connectivity index (χ3n) is 3.44. The van der Waals surface area contributed by atoms with E-state index in [1.54, 1.807) is 17.9 Å². The average molecular weight is 266 g/mol. The Morgan fingerprint density at radius 1 is 1.42 bits per heavy atom. The van der Waals surface area contributed by atoms with E-state index in [1.165, 1.54) is 12.1 Å². The van der Waals surface area contributed by atoms with Crippen molar-refractivity contribution >= 4 is 11.7 Å². The fourth-order valence-electron chi connectivity index (χ4n) is 2.22. The van der Waals surface area contributed by atoms with E-state index in [-0.39, 0.29) is 24.0 Å². The highest BCUT2D eigenvalue weighted by atomic mass is 19.1. The number of hydrogen-bond donors (Lipinski definition) is 1. The summed E-state index contributed by atoms with van der Waals surface area (Å²) in [6, 6.07) is 4.28. The molecule has 1 aliphatic heterocycles. The van der Waals surface area contributed by atoms with Gasteiger partial charge in [-0.25, -0.2) is 9.18 Å². The smallest absolute Gasteiger partial charge is 0.322 e. The van der Waals surface area contributed by atoms with Crippen molar-refractivity contribution < 1.29 is 13.9 Å². The monoisotopic (exact) mass is 266 g/mol. The molecule has 104 valence electrons. The third kappa shape index (κ3) is 3.23. The molecule has 1 saturated heterocycles. The summed E-state index contributed by atoms with van der Waals surface area (Å²) in [4.78, 5) is 13.9. The Hall–Kier alpha value is -1.62. The molecule has 4 nitrogen and oxygen atoms in total. The van der Waals surface area contributed by atoms with Crippen molar-refractivity contribution in [2.45, 2.75) is 32.9 Å². The van der Waals surface area contributed by atoms with Crippen molar-refractivity contribution in [2.75, 3.05) is 18.5 Å². The lowest BCUT2D eigenvalue weighted by Gasteiger charge is -2.37. The average Bonchev–Trinajstić information content (AvgIpc) is 2.31. The predicted molar refractivity (Wildman–Crippen MR) is 71.7 cm³/mol. The first kappa shape index (κ1) is 13.8. The SMILES string of the molecule is Cc1cc(F)cc(NC(=O)N2CCOC(C)C2C)c1. The van der Waals surface area contributed by atoms with E-state index in [9.17, 15) is 9.18 Å². The molecule has 5 heteroatoms. The van der Waals surface area contributed by atoms with E-state index in [2.05, 4.69) is 5.32 Å². The summed E-state index contributed by atoms with van der Waals surface area (Å²) in [6.07, 6.45) is 0.00810. The molecule has 0 aliphatic carbocycles. The van der Waals surface area contributed by atoms with E-state index >= 15 is 0 Å². The van der Waals surface area contributed by atoms with Crippen LogP contribution in [0.2, 0.25) is 0 Å². The van der Waals surface area contributed by atoms with Crippen LogP contribution in [0.15, 0.2) is 18.2 Å². The molecule has 1 fully saturated rings. The molecule has 1 heterocycles. The van der Waals surface area contributed by atoms with Crippen LogP contribution in [0.4, 0.5) is 14.9 Å². The highest BCUT2D eigenvalue weighted by Gasteiger charge is 2.29. The topological polar surface area (TPSA) is 41.6 Å². The number of carbonyl (C=O) groups excluding carboxylic acids is 1. The van der Waals surface area contributed by atoms with Crippen molar-refractivity contribution in [3.63, 3.8) is 0 Å². The van der Waals surface area contributed by atoms with Gasteiger partial charge in [-0.15, -0.1) is 0 Å². The van der Waals surface area contributed by atoms with Crippen molar-refractivity contribution in [1.29, 1.82) is 0 Å². The normalized spacial score (nSPS) is 23.3. The van der Waals surface area contributed by atoms with Crippen LogP contribution in [0, 0.1) is 12.7 Å². The molecular formula is C14H19FN2O2. The van der Waals surface area contributed by atoms with Gasteiger partial charge in [0.05, 0.1) is 18.8 Å². The first-order valence-corrected chi connectivity index (χ1v) is 6.44. The van der Waals surface area contributed by atoms with Gasteiger partial charge in [0.1, 0.15) is 5.82 Å². The van der Waals surface area contributed by atoms with E-state index in [1.807, 2.05) is 13.8 Å². The number of rotatable bonds is 1. The maximum Gasteiger partial charge on any atom is 0.322 e. The minimum atomic E-state index is -0.348. The first-order chi connectivity index (χ1) is 8.97. The lowest BCUT2D eigenvalue weighted by atomic mass is 10.1. The number of hydrogen-bond acceptors (Lipinski definition) is 2. The predicted octanol–water partition coefficient (Wildman–Crippen LogP) is 2.78. The summed E-state index contributed by atoms with van der Waals surface area (Å²) in [7, 11) is 0. The summed E-state index contributed by atoms with van der Waals surface area (Å²) in [5.41, 5.74) is 1.26. The number of nitrogens with zero attached hydrogens (tertiary/aromatic N) is 1. The standard InChI is InChI=1S/C14H19FN2O2/c1-9-6-12(15)8-13(7-9)16-14(18)17-4-5-19-11(3)10(17)2/h6-8,10-11H,4-5H2,1-3H3,(H,16,18). The van der Waals surface area contributed by atoms with Crippen LogP contribution in [0.5, 0.6) is 0 Å². The maximum absolute atomic E-state index is 13.3. The molecule has 19 heavy (non-hydrogen) atoms. The molecule has 1 N–H and O–H groups in total. The highest BCUT2D eigenvalue weighted by molar-refractivity contribution is 5.89. The summed E-state index contributed by atoms with van der Waals surface area (Å²) in [6.45, 7) is 6.75. The fourth-order valence-corrected chi connectivity index (χ4v) is 2.22. The van der Waals surface area contributed by atoms with Crippen molar-refractivity contribution in [3.8, 4) is 0 Å². The Morgan fingerprint density at radius 3 is 2.84 bits per heavy atom. The number of halogens is 1. The molecule has 2 rings (SSSR count). The second-order valence-electron chi connectivity index (χ2n) is 4.96. The fraction of sp³-hybridized carbons (Fsp3) is 0.500. The van der Waals surface area contributed by atoms with Gasteiger partial charge in [-0.3, -0.25) is 0 Å². The van der Waals surface area contributed by atoms with Crippen LogP contribution in [0.25, 0.3) is 0 Å². The van der Waals surface area contributed by atoms with Gasteiger partial charge in [-0.2, -0.15) is 0 Å². The Morgan fingerprint density at radius 2 is 2.16 bits per heavy atom. The number of urea groups is 1. The van der Waals surface area contributed by atoms with Crippen LogP contribution < -0.4 is 5.32 Å². The first-order valence-electron chi connectivity index (χ1n) is 6.44. The minimum absolute atomic E-state index is 0.00315. The van der Waals surface area contributed by atoms with Gasteiger partial charge >= 0.3 is 6.03 Å². The van der Waals surface area contributed by atoms with Gasteiger partial charge < -0.3 is 15.0 Å². The summed E-state index contributed by atoms with van der Waals surface area (Å²) in [5.74, 6) is -0.348. The molecule has 2 amide bonds. The van der Waals surface area contributed by atoms with Crippen LogP contribution in [0.1, 0.15) is 19.4 Å². The lowest BCUT2D eigenvalue weighted by molar-refractivity contribution is -0.0355. The number of benzene rings is 1. The Labute approximate surface area is 112 Å². The zero-order chi connectivity index (χ0) is 14.0. The molecule has 0 spiro atoms. The van der Waals surface area contributed by atoms with Crippen LogP contribution in [0.3, 0.4) is 0 Å². The molecule has 0 radical (unpaired) electrons. The van der Waals surface area contributed by atoms with E-state index in [0.29, 0.717) is 18.8 Å². The summed E-state index contributed by atoms with van der Waals surface area (Å²) in [5, 5.41) is 2.74. The molecule has 0 bridgehead atoms. The lowest BCUT2D eigenvalue weighted by Crippen LogP contribution is -2.52.